The number of methoxy groups -OCH3 is 1. The molecule has 0 saturated carbocycles. The largest absolute Gasteiger partial charge is 0.494 e. The molecule has 1 aromatic carbocycles. The van der Waals surface area contributed by atoms with Crippen LogP contribution in [0.25, 0.3) is 0 Å². The van der Waals surface area contributed by atoms with Gasteiger partial charge in [-0.2, -0.15) is 0 Å². The maximum absolute atomic E-state index is 11.7. The van der Waals surface area contributed by atoms with Gasteiger partial charge < -0.3 is 9.47 Å². The third-order valence-electron chi connectivity index (χ3n) is 2.31. The van der Waals surface area contributed by atoms with Gasteiger partial charge in [-0.05, 0) is 26.8 Å². The minimum absolute atomic E-state index is 0.0539. The Labute approximate surface area is 121 Å². The number of hydrogen-bond donors (Lipinski definition) is 1. The van der Waals surface area contributed by atoms with Crippen molar-refractivity contribution in [3.8, 4) is 5.75 Å². The molecule has 1 rings (SSSR count). The Balaban J connectivity index is 3.15. The lowest BCUT2D eigenvalue weighted by Gasteiger charge is -2.20. The number of rotatable bonds is 4. The van der Waals surface area contributed by atoms with Crippen LogP contribution in [-0.4, -0.2) is 30.0 Å². The van der Waals surface area contributed by atoms with Crippen LogP contribution in [0.1, 0.15) is 31.1 Å². The summed E-state index contributed by atoms with van der Waals surface area (Å²) in [5.41, 5.74) is -1.17. The number of nitro groups is 1. The second-order valence-electron chi connectivity index (χ2n) is 5.11. The molecule has 1 amide bonds. The molecule has 0 fully saturated rings. The molecule has 0 atom stereocenters. The second kappa shape index (κ2) is 6.21. The van der Waals surface area contributed by atoms with Gasteiger partial charge in [0.1, 0.15) is 11.4 Å². The molecule has 1 N–H and O–H groups in total. The summed E-state index contributed by atoms with van der Waals surface area (Å²) in [5, 5.41) is 13.2. The van der Waals surface area contributed by atoms with E-state index in [4.69, 9.17) is 9.47 Å². The number of hydrogen-bond acceptors (Lipinski definition) is 6. The van der Waals surface area contributed by atoms with Gasteiger partial charge in [-0.15, -0.1) is 0 Å². The Morgan fingerprint density at radius 2 is 2.00 bits per heavy atom. The van der Waals surface area contributed by atoms with Crippen LogP contribution in [0.3, 0.4) is 0 Å². The fourth-order valence-electron chi connectivity index (χ4n) is 1.52. The summed E-state index contributed by atoms with van der Waals surface area (Å²) in [6, 6.07) is 2.23. The Hall–Kier alpha value is -2.64. The zero-order chi connectivity index (χ0) is 16.2. The van der Waals surface area contributed by atoms with Crippen LogP contribution in [0.15, 0.2) is 12.1 Å². The van der Waals surface area contributed by atoms with Crippen molar-refractivity contribution >= 4 is 23.8 Å². The van der Waals surface area contributed by atoms with Crippen LogP contribution >= 0.6 is 0 Å². The third kappa shape index (κ3) is 4.44. The quantitative estimate of drug-likeness (QED) is 0.520. The SMILES string of the molecule is COc1cc([N+](=O)[O-])c(C=O)cc1NC(=O)OC(C)(C)C. The number of benzene rings is 1. The van der Waals surface area contributed by atoms with Crippen molar-refractivity contribution in [1.82, 2.24) is 0 Å². The molecule has 0 unspecified atom stereocenters. The van der Waals surface area contributed by atoms with E-state index in [1.165, 1.54) is 7.11 Å². The molecule has 0 heterocycles. The summed E-state index contributed by atoms with van der Waals surface area (Å²) >= 11 is 0. The van der Waals surface area contributed by atoms with Crippen LogP contribution in [0.2, 0.25) is 0 Å². The third-order valence-corrected chi connectivity index (χ3v) is 2.31. The zero-order valence-corrected chi connectivity index (χ0v) is 12.1. The van der Waals surface area contributed by atoms with E-state index in [2.05, 4.69) is 5.32 Å². The second-order valence-corrected chi connectivity index (χ2v) is 5.11. The van der Waals surface area contributed by atoms with Gasteiger partial charge in [0.25, 0.3) is 5.69 Å². The highest BCUT2D eigenvalue weighted by Crippen LogP contribution is 2.32. The van der Waals surface area contributed by atoms with E-state index in [0.29, 0.717) is 6.29 Å². The van der Waals surface area contributed by atoms with Crippen LogP contribution in [-0.2, 0) is 4.74 Å². The number of nitrogens with one attached hydrogen (secondary N) is 1. The Morgan fingerprint density at radius 3 is 2.43 bits per heavy atom. The van der Waals surface area contributed by atoms with Crippen LogP contribution in [0, 0.1) is 10.1 Å². The molecule has 0 aliphatic carbocycles. The lowest BCUT2D eigenvalue weighted by atomic mass is 10.1. The maximum atomic E-state index is 11.7. The first-order valence-electron chi connectivity index (χ1n) is 5.99. The number of aldehydes is 1. The summed E-state index contributed by atoms with van der Waals surface area (Å²) in [6.45, 7) is 5.07. The van der Waals surface area contributed by atoms with Gasteiger partial charge in [0, 0.05) is 0 Å². The summed E-state index contributed by atoms with van der Waals surface area (Å²) in [7, 11) is 1.29. The molecule has 0 aromatic heterocycles. The Morgan fingerprint density at radius 1 is 1.38 bits per heavy atom. The van der Waals surface area contributed by atoms with Gasteiger partial charge in [0.2, 0.25) is 0 Å². The number of amides is 1. The molecule has 0 saturated heterocycles. The van der Waals surface area contributed by atoms with Crippen molar-refractivity contribution in [2.75, 3.05) is 12.4 Å². The minimum atomic E-state index is -0.758. The smallest absolute Gasteiger partial charge is 0.412 e. The van der Waals surface area contributed by atoms with Gasteiger partial charge >= 0.3 is 6.09 Å². The van der Waals surface area contributed by atoms with Crippen molar-refractivity contribution < 1.29 is 24.0 Å². The maximum Gasteiger partial charge on any atom is 0.412 e. The van der Waals surface area contributed by atoms with Gasteiger partial charge in [-0.1, -0.05) is 0 Å². The van der Waals surface area contributed by atoms with Gasteiger partial charge in [-0.25, -0.2) is 4.79 Å². The summed E-state index contributed by atoms with van der Waals surface area (Å²) in [6.07, 6.45) is -0.427. The Kier molecular flexibility index (Phi) is 4.85. The van der Waals surface area contributed by atoms with Gasteiger partial charge in [0.05, 0.1) is 29.4 Å². The van der Waals surface area contributed by atoms with Gasteiger partial charge in [0.15, 0.2) is 6.29 Å². The zero-order valence-electron chi connectivity index (χ0n) is 12.1. The number of nitro benzene ring substituents is 1. The average molecular weight is 296 g/mol. The predicted octanol–water partition coefficient (Wildman–Crippen LogP) is 2.76. The highest BCUT2D eigenvalue weighted by atomic mass is 16.6. The number of carbonyl (C=O) groups is 2. The van der Waals surface area contributed by atoms with E-state index in [1.54, 1.807) is 20.8 Å². The molecular formula is C13H16N2O6. The number of anilines is 1. The monoisotopic (exact) mass is 296 g/mol. The molecule has 1 aromatic rings. The molecule has 0 spiro atoms. The van der Waals surface area contributed by atoms with Crippen molar-refractivity contribution in [1.29, 1.82) is 0 Å². The predicted molar refractivity (Wildman–Crippen MR) is 74.9 cm³/mol. The van der Waals surface area contributed by atoms with E-state index >= 15 is 0 Å². The highest BCUT2D eigenvalue weighted by Gasteiger charge is 2.22. The molecule has 0 radical (unpaired) electrons. The van der Waals surface area contributed by atoms with E-state index in [1.807, 2.05) is 0 Å². The molecule has 21 heavy (non-hydrogen) atoms. The summed E-state index contributed by atoms with van der Waals surface area (Å²) in [4.78, 5) is 32.8. The first-order valence-corrected chi connectivity index (χ1v) is 5.99. The summed E-state index contributed by atoms with van der Waals surface area (Å²) in [5.74, 6) is 0.0539. The number of ether oxygens (including phenoxy) is 2. The first kappa shape index (κ1) is 16.4. The molecule has 8 heteroatoms. The van der Waals surface area contributed by atoms with Crippen molar-refractivity contribution in [2.45, 2.75) is 26.4 Å². The number of nitrogens with zero attached hydrogens (tertiary/aromatic N) is 1. The molecule has 114 valence electrons. The van der Waals surface area contributed by atoms with Gasteiger partial charge in [-0.3, -0.25) is 20.2 Å². The lowest BCUT2D eigenvalue weighted by molar-refractivity contribution is -0.385. The van der Waals surface area contributed by atoms with E-state index in [9.17, 15) is 19.7 Å². The topological polar surface area (TPSA) is 108 Å². The molecular weight excluding hydrogens is 280 g/mol. The van der Waals surface area contributed by atoms with Crippen LogP contribution in [0.5, 0.6) is 5.75 Å². The fourth-order valence-corrected chi connectivity index (χ4v) is 1.52. The first-order chi connectivity index (χ1) is 9.67. The fraction of sp³-hybridized carbons (Fsp3) is 0.385. The van der Waals surface area contributed by atoms with Crippen molar-refractivity contribution in [3.05, 3.63) is 27.8 Å². The lowest BCUT2D eigenvalue weighted by Crippen LogP contribution is -2.27. The Bertz CT molecular complexity index is 577. The van der Waals surface area contributed by atoms with Crippen molar-refractivity contribution in [2.24, 2.45) is 0 Å². The van der Waals surface area contributed by atoms with Crippen LogP contribution in [0.4, 0.5) is 16.2 Å². The molecule has 0 bridgehead atoms. The van der Waals surface area contributed by atoms with E-state index in [-0.39, 0.29) is 17.0 Å². The standard InChI is InChI=1S/C13H16N2O6/c1-13(2,3)21-12(17)14-9-5-8(7-16)10(15(18)19)6-11(9)20-4/h5-7H,1-4H3,(H,14,17). The van der Waals surface area contributed by atoms with E-state index in [0.717, 1.165) is 12.1 Å². The minimum Gasteiger partial charge on any atom is -0.494 e. The molecule has 0 aliphatic rings. The normalized spacial score (nSPS) is 10.7. The van der Waals surface area contributed by atoms with Crippen LogP contribution < -0.4 is 10.1 Å². The summed E-state index contributed by atoms with van der Waals surface area (Å²) < 4.78 is 10.0. The number of carbonyl (C=O) groups excluding carboxylic acids is 2. The highest BCUT2D eigenvalue weighted by molar-refractivity contribution is 5.91. The average Bonchev–Trinajstić information content (AvgIpc) is 2.35. The van der Waals surface area contributed by atoms with Crippen molar-refractivity contribution in [3.63, 3.8) is 0 Å². The molecule has 0 aliphatic heterocycles. The molecule has 8 nitrogen and oxygen atoms in total. The van der Waals surface area contributed by atoms with E-state index < -0.39 is 22.3 Å².